The smallest absolute Gasteiger partial charge is 0.214 e. The van der Waals surface area contributed by atoms with E-state index in [2.05, 4.69) is 15.0 Å². The van der Waals surface area contributed by atoms with Crippen LogP contribution in [0, 0.1) is 0 Å². The molecule has 26 heavy (non-hydrogen) atoms. The van der Waals surface area contributed by atoms with E-state index < -0.39 is 0 Å². The van der Waals surface area contributed by atoms with E-state index in [0.29, 0.717) is 18.2 Å². The van der Waals surface area contributed by atoms with Crippen molar-refractivity contribution in [2.24, 2.45) is 0 Å². The molecule has 0 bridgehead atoms. The molecular formula is C20H20N4O2. The highest BCUT2D eigenvalue weighted by Gasteiger charge is 2.18. The zero-order chi connectivity index (χ0) is 17.8. The van der Waals surface area contributed by atoms with Crippen molar-refractivity contribution in [3.63, 3.8) is 0 Å². The van der Waals surface area contributed by atoms with E-state index in [1.54, 1.807) is 19.6 Å². The van der Waals surface area contributed by atoms with Crippen LogP contribution in [0.15, 0.2) is 43.1 Å². The number of fused-ring (bicyclic) bond motifs is 1. The van der Waals surface area contributed by atoms with Gasteiger partial charge in [0.05, 0.1) is 7.11 Å². The maximum atomic E-state index is 5.97. The molecular weight excluding hydrogens is 328 g/mol. The van der Waals surface area contributed by atoms with E-state index in [0.717, 1.165) is 41.8 Å². The van der Waals surface area contributed by atoms with Crippen LogP contribution in [0.2, 0.25) is 0 Å². The van der Waals surface area contributed by atoms with Gasteiger partial charge in [0.2, 0.25) is 5.88 Å². The highest BCUT2D eigenvalue weighted by molar-refractivity contribution is 5.68. The van der Waals surface area contributed by atoms with Crippen molar-refractivity contribution < 1.29 is 9.47 Å². The standard InChI is InChI=1S/C20H20N4O2/c1-25-19-7-4-8-23-18(19)12-26-20-9-16(14-10-21-13-22-11-14)15-5-2-3-6-17(15)24-20/h4,7-11,13H,2-3,5-6,12H2,1H3. The molecule has 0 unspecified atom stereocenters. The van der Waals surface area contributed by atoms with Crippen LogP contribution in [0.1, 0.15) is 29.8 Å². The number of ether oxygens (including phenoxy) is 2. The Hall–Kier alpha value is -3.02. The molecule has 3 heterocycles. The Morgan fingerprint density at radius 1 is 1.12 bits per heavy atom. The predicted molar refractivity (Wildman–Crippen MR) is 97.0 cm³/mol. The number of hydrogen-bond acceptors (Lipinski definition) is 6. The van der Waals surface area contributed by atoms with Crippen LogP contribution in [-0.2, 0) is 19.4 Å². The minimum atomic E-state index is 0.306. The van der Waals surface area contributed by atoms with Crippen molar-refractivity contribution in [1.29, 1.82) is 0 Å². The fourth-order valence-electron chi connectivity index (χ4n) is 3.31. The van der Waals surface area contributed by atoms with E-state index in [-0.39, 0.29) is 0 Å². The molecule has 132 valence electrons. The molecule has 0 aliphatic heterocycles. The number of hydrogen-bond donors (Lipinski definition) is 0. The lowest BCUT2D eigenvalue weighted by Crippen LogP contribution is -2.10. The lowest BCUT2D eigenvalue weighted by Gasteiger charge is -2.20. The van der Waals surface area contributed by atoms with Crippen LogP contribution in [0.3, 0.4) is 0 Å². The van der Waals surface area contributed by atoms with Crippen LogP contribution in [0.4, 0.5) is 0 Å². The van der Waals surface area contributed by atoms with Gasteiger partial charge in [0.25, 0.3) is 0 Å². The summed E-state index contributed by atoms with van der Waals surface area (Å²) in [5.74, 6) is 1.30. The second-order valence-corrected chi connectivity index (χ2v) is 6.21. The van der Waals surface area contributed by atoms with Gasteiger partial charge >= 0.3 is 0 Å². The number of pyridine rings is 2. The van der Waals surface area contributed by atoms with Crippen LogP contribution in [0.5, 0.6) is 11.6 Å². The zero-order valence-corrected chi connectivity index (χ0v) is 14.7. The van der Waals surface area contributed by atoms with Crippen molar-refractivity contribution in [3.8, 4) is 22.8 Å². The molecule has 0 spiro atoms. The Kier molecular flexibility index (Phi) is 4.73. The normalized spacial score (nSPS) is 13.1. The molecule has 0 amide bonds. The number of aromatic nitrogens is 4. The Balaban J connectivity index is 1.66. The van der Waals surface area contributed by atoms with Gasteiger partial charge in [0, 0.05) is 35.9 Å². The lowest BCUT2D eigenvalue weighted by atomic mass is 9.90. The molecule has 0 saturated heterocycles. The molecule has 3 aromatic heterocycles. The molecule has 1 aliphatic carbocycles. The summed E-state index contributed by atoms with van der Waals surface area (Å²) in [6.07, 6.45) is 11.3. The highest BCUT2D eigenvalue weighted by atomic mass is 16.5. The Bertz CT molecular complexity index is 900. The summed E-state index contributed by atoms with van der Waals surface area (Å²) >= 11 is 0. The quantitative estimate of drug-likeness (QED) is 0.704. The predicted octanol–water partition coefficient (Wildman–Crippen LogP) is 3.40. The molecule has 0 atom stereocenters. The van der Waals surface area contributed by atoms with Gasteiger partial charge in [-0.25, -0.2) is 15.0 Å². The third-order valence-corrected chi connectivity index (χ3v) is 4.57. The van der Waals surface area contributed by atoms with E-state index in [1.165, 1.54) is 12.0 Å². The summed E-state index contributed by atoms with van der Waals surface area (Å²) < 4.78 is 11.3. The summed E-state index contributed by atoms with van der Waals surface area (Å²) in [7, 11) is 1.63. The van der Waals surface area contributed by atoms with Crippen LogP contribution in [0.25, 0.3) is 11.1 Å². The summed E-state index contributed by atoms with van der Waals surface area (Å²) in [6, 6.07) is 5.70. The van der Waals surface area contributed by atoms with Gasteiger partial charge < -0.3 is 9.47 Å². The molecule has 1 aliphatic rings. The monoisotopic (exact) mass is 348 g/mol. The van der Waals surface area contributed by atoms with Gasteiger partial charge in [0.1, 0.15) is 24.4 Å². The van der Waals surface area contributed by atoms with E-state index in [4.69, 9.17) is 14.5 Å². The Morgan fingerprint density at radius 2 is 1.96 bits per heavy atom. The van der Waals surface area contributed by atoms with Crippen LogP contribution in [-0.4, -0.2) is 27.0 Å². The number of nitrogens with zero attached hydrogens (tertiary/aromatic N) is 4. The Morgan fingerprint density at radius 3 is 2.81 bits per heavy atom. The van der Waals surface area contributed by atoms with Gasteiger partial charge in [-0.15, -0.1) is 0 Å². The molecule has 0 radical (unpaired) electrons. The van der Waals surface area contributed by atoms with Gasteiger partial charge in [-0.05, 0) is 48.9 Å². The largest absolute Gasteiger partial charge is 0.495 e. The average Bonchev–Trinajstić information content (AvgIpc) is 2.72. The summed E-state index contributed by atoms with van der Waals surface area (Å²) in [6.45, 7) is 0.306. The maximum absolute atomic E-state index is 5.97. The summed E-state index contributed by atoms with van der Waals surface area (Å²) in [4.78, 5) is 17.4. The minimum absolute atomic E-state index is 0.306. The minimum Gasteiger partial charge on any atom is -0.495 e. The molecule has 6 heteroatoms. The summed E-state index contributed by atoms with van der Waals surface area (Å²) in [5, 5.41) is 0. The maximum Gasteiger partial charge on any atom is 0.214 e. The number of aryl methyl sites for hydroxylation is 1. The first-order valence-electron chi connectivity index (χ1n) is 8.74. The van der Waals surface area contributed by atoms with Crippen LogP contribution >= 0.6 is 0 Å². The van der Waals surface area contributed by atoms with Gasteiger partial charge in [-0.3, -0.25) is 4.98 Å². The summed E-state index contributed by atoms with van der Waals surface area (Å²) in [5.41, 5.74) is 5.25. The van der Waals surface area contributed by atoms with Crippen LogP contribution < -0.4 is 9.47 Å². The van der Waals surface area contributed by atoms with Gasteiger partial charge in [-0.1, -0.05) is 0 Å². The topological polar surface area (TPSA) is 70.0 Å². The Labute approximate surface area is 152 Å². The molecule has 4 rings (SSSR count). The third-order valence-electron chi connectivity index (χ3n) is 4.57. The first-order valence-corrected chi connectivity index (χ1v) is 8.74. The number of methoxy groups -OCH3 is 1. The van der Waals surface area contributed by atoms with Gasteiger partial charge in [-0.2, -0.15) is 0 Å². The van der Waals surface area contributed by atoms with E-state index in [1.807, 2.05) is 30.6 Å². The van der Waals surface area contributed by atoms with E-state index in [9.17, 15) is 0 Å². The zero-order valence-electron chi connectivity index (χ0n) is 14.7. The average molecular weight is 348 g/mol. The molecule has 0 N–H and O–H groups in total. The lowest BCUT2D eigenvalue weighted by molar-refractivity contribution is 0.279. The molecule has 3 aromatic rings. The van der Waals surface area contributed by atoms with Crippen molar-refractivity contribution in [1.82, 2.24) is 19.9 Å². The third kappa shape index (κ3) is 3.35. The SMILES string of the molecule is COc1cccnc1COc1cc(-c2cncnc2)c2c(n1)CCCC2. The highest BCUT2D eigenvalue weighted by Crippen LogP contribution is 2.33. The first kappa shape index (κ1) is 16.4. The van der Waals surface area contributed by atoms with Crippen molar-refractivity contribution in [2.75, 3.05) is 7.11 Å². The van der Waals surface area contributed by atoms with Crippen molar-refractivity contribution in [2.45, 2.75) is 32.3 Å². The number of rotatable bonds is 5. The molecule has 0 aromatic carbocycles. The second-order valence-electron chi connectivity index (χ2n) is 6.21. The second kappa shape index (κ2) is 7.47. The fraction of sp³-hybridized carbons (Fsp3) is 0.300. The van der Waals surface area contributed by atoms with Gasteiger partial charge in [0.15, 0.2) is 0 Å². The molecule has 0 saturated carbocycles. The first-order chi connectivity index (χ1) is 12.8. The molecule has 6 nitrogen and oxygen atoms in total. The van der Waals surface area contributed by atoms with Crippen molar-refractivity contribution >= 4 is 0 Å². The molecule has 0 fully saturated rings. The van der Waals surface area contributed by atoms with E-state index >= 15 is 0 Å². The fourth-order valence-corrected chi connectivity index (χ4v) is 3.31. The van der Waals surface area contributed by atoms with Crippen molar-refractivity contribution in [3.05, 3.63) is 60.1 Å².